The summed E-state index contributed by atoms with van der Waals surface area (Å²) in [5.41, 5.74) is -0.0587. The number of amides is 1. The Balaban J connectivity index is 2.69. The van der Waals surface area contributed by atoms with E-state index in [0.717, 1.165) is 0 Å². The van der Waals surface area contributed by atoms with E-state index in [1.165, 1.54) is 22.0 Å². The van der Waals surface area contributed by atoms with Crippen LogP contribution in [-0.2, 0) is 11.3 Å². The minimum absolute atomic E-state index is 0.0587. The Hall–Kier alpha value is -1.85. The van der Waals surface area contributed by atoms with Crippen molar-refractivity contribution in [1.29, 1.82) is 0 Å². The van der Waals surface area contributed by atoms with Gasteiger partial charge in [-0.05, 0) is 0 Å². The van der Waals surface area contributed by atoms with Crippen LogP contribution < -0.4 is 0 Å². The number of hydrogen-bond donors (Lipinski definition) is 1. The van der Waals surface area contributed by atoms with E-state index >= 15 is 0 Å². The lowest BCUT2D eigenvalue weighted by Crippen LogP contribution is -2.25. The maximum Gasteiger partial charge on any atom is 0.356 e. The summed E-state index contributed by atoms with van der Waals surface area (Å²) in [6.07, 6.45) is 2.65. The van der Waals surface area contributed by atoms with E-state index in [1.54, 1.807) is 14.1 Å². The third-order valence-electron chi connectivity index (χ3n) is 1.67. The first kappa shape index (κ1) is 10.2. The van der Waals surface area contributed by atoms with E-state index in [9.17, 15) is 9.59 Å². The van der Waals surface area contributed by atoms with Gasteiger partial charge in [0, 0.05) is 20.3 Å². The van der Waals surface area contributed by atoms with Crippen molar-refractivity contribution < 1.29 is 14.7 Å². The topological polar surface area (TPSA) is 75.4 Å². The van der Waals surface area contributed by atoms with Gasteiger partial charge in [-0.15, -0.1) is 0 Å². The molecule has 0 aromatic carbocycles. The van der Waals surface area contributed by atoms with Crippen LogP contribution in [0.2, 0.25) is 0 Å². The van der Waals surface area contributed by atoms with Crippen LogP contribution in [0, 0.1) is 0 Å². The summed E-state index contributed by atoms with van der Waals surface area (Å²) in [6, 6.07) is 0. The number of rotatable bonds is 3. The normalized spacial score (nSPS) is 9.86. The Morgan fingerprint density at radius 3 is 2.64 bits per heavy atom. The molecule has 6 nitrogen and oxygen atoms in total. The summed E-state index contributed by atoms with van der Waals surface area (Å²) in [5.74, 6) is -1.21. The zero-order valence-electron chi connectivity index (χ0n) is 7.97. The van der Waals surface area contributed by atoms with Crippen molar-refractivity contribution in [2.75, 3.05) is 14.1 Å². The minimum Gasteiger partial charge on any atom is -0.476 e. The fraction of sp³-hybridized carbons (Fsp3) is 0.375. The number of carboxylic acid groups (broad SMARTS) is 1. The summed E-state index contributed by atoms with van der Waals surface area (Å²) in [4.78, 5) is 26.7. The molecular formula is C8H11N3O3. The molecule has 0 radical (unpaired) electrons. The average Bonchev–Trinajstić information content (AvgIpc) is 2.52. The molecule has 1 aromatic heterocycles. The highest BCUT2D eigenvalue weighted by molar-refractivity contribution is 5.85. The number of aromatic carboxylic acids is 1. The Labute approximate surface area is 80.8 Å². The summed E-state index contributed by atoms with van der Waals surface area (Å²) in [5, 5.41) is 8.57. The second kappa shape index (κ2) is 3.91. The standard InChI is InChI=1S/C8H11N3O3/c1-10(2)7(12)4-11-3-6(8(13)14)9-5-11/h3,5H,4H2,1-2H3,(H,13,14). The first-order valence-electron chi connectivity index (χ1n) is 3.96. The predicted octanol–water partition coefficient (Wildman–Crippen LogP) is -0.331. The number of nitrogens with zero attached hydrogens (tertiary/aromatic N) is 3. The van der Waals surface area contributed by atoms with Crippen molar-refractivity contribution in [1.82, 2.24) is 14.5 Å². The van der Waals surface area contributed by atoms with Gasteiger partial charge in [-0.1, -0.05) is 0 Å². The highest BCUT2D eigenvalue weighted by Crippen LogP contribution is 1.96. The number of aromatic nitrogens is 2. The van der Waals surface area contributed by atoms with E-state index in [2.05, 4.69) is 4.98 Å². The van der Waals surface area contributed by atoms with E-state index in [1.807, 2.05) is 0 Å². The summed E-state index contributed by atoms with van der Waals surface area (Å²) < 4.78 is 1.44. The van der Waals surface area contributed by atoms with Crippen LogP contribution in [0.5, 0.6) is 0 Å². The lowest BCUT2D eigenvalue weighted by atomic mass is 10.5. The van der Waals surface area contributed by atoms with Gasteiger partial charge in [0.05, 0.1) is 6.33 Å². The summed E-state index contributed by atoms with van der Waals surface area (Å²) in [6.45, 7) is 0.104. The van der Waals surface area contributed by atoms with Gasteiger partial charge < -0.3 is 14.6 Å². The van der Waals surface area contributed by atoms with Crippen molar-refractivity contribution in [3.63, 3.8) is 0 Å². The van der Waals surface area contributed by atoms with Gasteiger partial charge >= 0.3 is 5.97 Å². The molecule has 0 atom stereocenters. The molecule has 0 fully saturated rings. The Morgan fingerprint density at radius 2 is 2.21 bits per heavy atom. The largest absolute Gasteiger partial charge is 0.476 e. The third-order valence-corrected chi connectivity index (χ3v) is 1.67. The number of likely N-dealkylation sites (N-methyl/N-ethyl adjacent to an activating group) is 1. The molecule has 0 saturated heterocycles. The average molecular weight is 197 g/mol. The van der Waals surface area contributed by atoms with Gasteiger partial charge in [0.1, 0.15) is 6.54 Å². The van der Waals surface area contributed by atoms with Gasteiger partial charge in [0.25, 0.3) is 0 Å². The van der Waals surface area contributed by atoms with Gasteiger partial charge in [-0.25, -0.2) is 9.78 Å². The number of imidazole rings is 1. The van der Waals surface area contributed by atoms with Crippen LogP contribution in [0.4, 0.5) is 0 Å². The van der Waals surface area contributed by atoms with Crippen LogP contribution in [0.15, 0.2) is 12.5 Å². The van der Waals surface area contributed by atoms with Crippen molar-refractivity contribution in [2.24, 2.45) is 0 Å². The highest BCUT2D eigenvalue weighted by atomic mass is 16.4. The lowest BCUT2D eigenvalue weighted by molar-refractivity contribution is -0.129. The smallest absolute Gasteiger partial charge is 0.356 e. The second-order valence-corrected chi connectivity index (χ2v) is 3.02. The number of carboxylic acids is 1. The monoisotopic (exact) mass is 197 g/mol. The fourth-order valence-electron chi connectivity index (χ4n) is 0.855. The summed E-state index contributed by atoms with van der Waals surface area (Å²) >= 11 is 0. The Morgan fingerprint density at radius 1 is 1.57 bits per heavy atom. The van der Waals surface area contributed by atoms with Crippen LogP contribution >= 0.6 is 0 Å². The van der Waals surface area contributed by atoms with Crippen molar-refractivity contribution in [2.45, 2.75) is 6.54 Å². The molecule has 0 unspecified atom stereocenters. The lowest BCUT2D eigenvalue weighted by Gasteiger charge is -2.09. The zero-order chi connectivity index (χ0) is 10.7. The van der Waals surface area contributed by atoms with Crippen molar-refractivity contribution in [3.05, 3.63) is 18.2 Å². The maximum atomic E-state index is 11.2. The molecular weight excluding hydrogens is 186 g/mol. The van der Waals surface area contributed by atoms with E-state index in [-0.39, 0.29) is 18.1 Å². The first-order chi connectivity index (χ1) is 6.50. The molecule has 14 heavy (non-hydrogen) atoms. The van der Waals surface area contributed by atoms with Gasteiger partial charge in [-0.3, -0.25) is 4.79 Å². The van der Waals surface area contributed by atoms with Crippen LogP contribution in [0.1, 0.15) is 10.5 Å². The van der Waals surface area contributed by atoms with Crippen molar-refractivity contribution >= 4 is 11.9 Å². The quantitative estimate of drug-likeness (QED) is 0.719. The molecule has 1 heterocycles. The zero-order valence-corrected chi connectivity index (χ0v) is 7.97. The van der Waals surface area contributed by atoms with Gasteiger partial charge in [0.2, 0.25) is 5.91 Å². The molecule has 76 valence electrons. The van der Waals surface area contributed by atoms with E-state index in [4.69, 9.17) is 5.11 Å². The molecule has 0 saturated carbocycles. The second-order valence-electron chi connectivity index (χ2n) is 3.02. The number of hydrogen-bond acceptors (Lipinski definition) is 3. The van der Waals surface area contributed by atoms with Crippen LogP contribution in [0.25, 0.3) is 0 Å². The molecule has 1 amide bonds. The Bertz CT molecular complexity index is 356. The predicted molar refractivity (Wildman–Crippen MR) is 47.9 cm³/mol. The van der Waals surface area contributed by atoms with Crippen molar-refractivity contribution in [3.8, 4) is 0 Å². The molecule has 1 aromatic rings. The SMILES string of the molecule is CN(C)C(=O)Cn1cnc(C(=O)O)c1. The summed E-state index contributed by atoms with van der Waals surface area (Å²) in [7, 11) is 3.27. The fourth-order valence-corrected chi connectivity index (χ4v) is 0.855. The molecule has 1 rings (SSSR count). The number of carbonyl (C=O) groups excluding carboxylic acids is 1. The minimum atomic E-state index is -1.10. The first-order valence-corrected chi connectivity index (χ1v) is 3.96. The molecule has 0 aliphatic carbocycles. The van der Waals surface area contributed by atoms with E-state index < -0.39 is 5.97 Å². The van der Waals surface area contributed by atoms with Gasteiger partial charge in [-0.2, -0.15) is 0 Å². The Kier molecular flexibility index (Phi) is 2.85. The maximum absolute atomic E-state index is 11.2. The molecule has 0 bridgehead atoms. The highest BCUT2D eigenvalue weighted by Gasteiger charge is 2.09. The molecule has 0 spiro atoms. The molecule has 1 N–H and O–H groups in total. The third kappa shape index (κ3) is 2.32. The van der Waals surface area contributed by atoms with Gasteiger partial charge in [0.15, 0.2) is 5.69 Å². The van der Waals surface area contributed by atoms with Crippen LogP contribution in [-0.4, -0.2) is 45.5 Å². The molecule has 0 aliphatic heterocycles. The molecule has 6 heteroatoms. The van der Waals surface area contributed by atoms with E-state index in [0.29, 0.717) is 0 Å². The van der Waals surface area contributed by atoms with Crippen LogP contribution in [0.3, 0.4) is 0 Å². The molecule has 0 aliphatic rings. The number of carbonyl (C=O) groups is 2.